The zero-order chi connectivity index (χ0) is 11.7. The van der Waals surface area contributed by atoms with E-state index in [1.165, 1.54) is 44.5 Å². The molecular weight excluding hydrogens is 230 g/mol. The van der Waals surface area contributed by atoms with Crippen molar-refractivity contribution in [1.29, 1.82) is 0 Å². The van der Waals surface area contributed by atoms with Crippen LogP contribution in [0.15, 0.2) is 5.38 Å². The number of rotatable bonds is 3. The van der Waals surface area contributed by atoms with Crippen LogP contribution in [0.25, 0.3) is 0 Å². The molecule has 2 aliphatic rings. The number of aromatic nitrogens is 1. The summed E-state index contributed by atoms with van der Waals surface area (Å²) in [5.41, 5.74) is 1.22. The first kappa shape index (κ1) is 11.5. The van der Waals surface area contributed by atoms with Gasteiger partial charge < -0.3 is 5.32 Å². The molecule has 3 heterocycles. The van der Waals surface area contributed by atoms with Gasteiger partial charge in [-0.3, -0.25) is 4.90 Å². The van der Waals surface area contributed by atoms with Crippen molar-refractivity contribution >= 4 is 16.5 Å². The van der Waals surface area contributed by atoms with Crippen molar-refractivity contribution < 1.29 is 0 Å². The van der Waals surface area contributed by atoms with E-state index in [4.69, 9.17) is 0 Å². The molecule has 0 bridgehead atoms. The lowest BCUT2D eigenvalue weighted by Crippen LogP contribution is -2.41. The number of hydrogen-bond donors (Lipinski definition) is 1. The summed E-state index contributed by atoms with van der Waals surface area (Å²) in [5.74, 6) is 0. The molecule has 2 aliphatic heterocycles. The van der Waals surface area contributed by atoms with Crippen LogP contribution in [0.2, 0.25) is 0 Å². The molecule has 0 amide bonds. The predicted molar refractivity (Wildman–Crippen MR) is 72.7 cm³/mol. The maximum absolute atomic E-state index is 4.62. The second-order valence-corrected chi connectivity index (χ2v) is 5.99. The van der Waals surface area contributed by atoms with Crippen LogP contribution < -0.4 is 5.32 Å². The summed E-state index contributed by atoms with van der Waals surface area (Å²) in [7, 11) is 0. The van der Waals surface area contributed by atoms with E-state index in [0.29, 0.717) is 6.04 Å². The minimum Gasteiger partial charge on any atom is -0.357 e. The molecule has 0 radical (unpaired) electrons. The first-order chi connectivity index (χ1) is 8.36. The first-order valence-electron chi connectivity index (χ1n) is 6.82. The Balaban J connectivity index is 1.65. The average molecular weight is 251 g/mol. The topological polar surface area (TPSA) is 28.2 Å². The normalized spacial score (nSPS) is 29.2. The summed E-state index contributed by atoms with van der Waals surface area (Å²) in [6, 6.07) is 1.39. The van der Waals surface area contributed by atoms with Crippen LogP contribution >= 0.6 is 11.3 Å². The predicted octanol–water partition coefficient (Wildman–Crippen LogP) is 2.74. The number of nitrogens with zero attached hydrogens (tertiary/aromatic N) is 2. The van der Waals surface area contributed by atoms with Gasteiger partial charge in [0.05, 0.1) is 5.69 Å². The summed E-state index contributed by atoms with van der Waals surface area (Å²) in [6.45, 7) is 4.74. The maximum Gasteiger partial charge on any atom is 0.183 e. The monoisotopic (exact) mass is 251 g/mol. The summed E-state index contributed by atoms with van der Waals surface area (Å²) in [6.07, 6.45) is 6.48. The average Bonchev–Trinajstić information content (AvgIpc) is 2.97. The molecule has 3 rings (SSSR count). The van der Waals surface area contributed by atoms with E-state index in [2.05, 4.69) is 27.5 Å². The third kappa shape index (κ3) is 2.33. The number of thiazole rings is 1. The fourth-order valence-electron chi connectivity index (χ4n) is 3.11. The van der Waals surface area contributed by atoms with Gasteiger partial charge in [-0.1, -0.05) is 13.3 Å². The Morgan fingerprint density at radius 2 is 2.35 bits per heavy atom. The third-order valence-electron chi connectivity index (χ3n) is 4.08. The summed E-state index contributed by atoms with van der Waals surface area (Å²) >= 11 is 1.76. The molecule has 0 aliphatic carbocycles. The van der Waals surface area contributed by atoms with Crippen LogP contribution in [-0.2, 0) is 6.42 Å². The Labute approximate surface area is 107 Å². The number of fused-ring (bicyclic) bond motifs is 1. The lowest BCUT2D eigenvalue weighted by atomic mass is 9.99. The van der Waals surface area contributed by atoms with Gasteiger partial charge in [0.25, 0.3) is 0 Å². The Morgan fingerprint density at radius 3 is 3.18 bits per heavy atom. The minimum atomic E-state index is 0.631. The second kappa shape index (κ2) is 4.94. The van der Waals surface area contributed by atoms with Gasteiger partial charge in [0, 0.05) is 24.0 Å². The quantitative estimate of drug-likeness (QED) is 0.895. The van der Waals surface area contributed by atoms with E-state index in [9.17, 15) is 0 Å². The van der Waals surface area contributed by atoms with Crippen LogP contribution in [0.3, 0.4) is 0 Å². The van der Waals surface area contributed by atoms with Crippen molar-refractivity contribution in [2.45, 2.75) is 51.1 Å². The van der Waals surface area contributed by atoms with Crippen molar-refractivity contribution in [3.05, 3.63) is 11.1 Å². The number of anilines is 1. The fourth-order valence-corrected chi connectivity index (χ4v) is 3.97. The molecule has 0 saturated carbocycles. The van der Waals surface area contributed by atoms with Gasteiger partial charge in [-0.2, -0.15) is 0 Å². The van der Waals surface area contributed by atoms with E-state index in [1.807, 2.05) is 0 Å². The van der Waals surface area contributed by atoms with Crippen LogP contribution in [0.4, 0.5) is 5.13 Å². The molecule has 1 aromatic rings. The van der Waals surface area contributed by atoms with Gasteiger partial charge in [-0.15, -0.1) is 11.3 Å². The van der Waals surface area contributed by atoms with Crippen molar-refractivity contribution in [3.63, 3.8) is 0 Å². The third-order valence-corrected chi connectivity index (χ3v) is 4.90. The van der Waals surface area contributed by atoms with Gasteiger partial charge in [-0.25, -0.2) is 4.98 Å². The lowest BCUT2D eigenvalue weighted by Gasteiger charge is -2.32. The van der Waals surface area contributed by atoms with Crippen molar-refractivity contribution in [1.82, 2.24) is 9.88 Å². The highest BCUT2D eigenvalue weighted by atomic mass is 32.1. The molecule has 1 aromatic heterocycles. The van der Waals surface area contributed by atoms with E-state index in [-0.39, 0.29) is 0 Å². The van der Waals surface area contributed by atoms with Crippen molar-refractivity contribution in [2.75, 3.05) is 18.4 Å². The summed E-state index contributed by atoms with van der Waals surface area (Å²) < 4.78 is 0. The second-order valence-electron chi connectivity index (χ2n) is 5.14. The minimum absolute atomic E-state index is 0.631. The molecule has 3 nitrogen and oxygen atoms in total. The van der Waals surface area contributed by atoms with E-state index in [1.54, 1.807) is 11.3 Å². The van der Waals surface area contributed by atoms with Gasteiger partial charge in [0.2, 0.25) is 0 Å². The SMILES string of the molecule is CCc1csc(NC2CCN3CCCCC23)n1. The van der Waals surface area contributed by atoms with Gasteiger partial charge in [0.15, 0.2) is 5.13 Å². The molecule has 0 aromatic carbocycles. The molecular formula is C13H21N3S. The van der Waals surface area contributed by atoms with E-state index >= 15 is 0 Å². The molecule has 17 heavy (non-hydrogen) atoms. The Kier molecular flexibility index (Phi) is 3.34. The Morgan fingerprint density at radius 1 is 1.41 bits per heavy atom. The lowest BCUT2D eigenvalue weighted by molar-refractivity contribution is 0.193. The van der Waals surface area contributed by atoms with Crippen molar-refractivity contribution in [3.8, 4) is 0 Å². The molecule has 2 unspecified atom stereocenters. The van der Waals surface area contributed by atoms with Gasteiger partial charge in [-0.05, 0) is 32.2 Å². The molecule has 2 saturated heterocycles. The summed E-state index contributed by atoms with van der Waals surface area (Å²) in [4.78, 5) is 7.28. The van der Waals surface area contributed by atoms with E-state index < -0.39 is 0 Å². The molecule has 0 spiro atoms. The molecule has 94 valence electrons. The Bertz CT molecular complexity index is 376. The van der Waals surface area contributed by atoms with Gasteiger partial charge >= 0.3 is 0 Å². The maximum atomic E-state index is 4.62. The van der Waals surface area contributed by atoms with Gasteiger partial charge in [0.1, 0.15) is 0 Å². The van der Waals surface area contributed by atoms with Crippen LogP contribution in [-0.4, -0.2) is 35.1 Å². The van der Waals surface area contributed by atoms with Crippen LogP contribution in [0.5, 0.6) is 0 Å². The number of piperidine rings is 1. The first-order valence-corrected chi connectivity index (χ1v) is 7.70. The number of nitrogens with one attached hydrogen (secondary N) is 1. The van der Waals surface area contributed by atoms with E-state index in [0.717, 1.165) is 17.6 Å². The van der Waals surface area contributed by atoms with Crippen LogP contribution in [0, 0.1) is 0 Å². The zero-order valence-electron chi connectivity index (χ0n) is 10.5. The Hall–Kier alpha value is -0.610. The molecule has 2 fully saturated rings. The molecule has 4 heteroatoms. The smallest absolute Gasteiger partial charge is 0.183 e. The number of hydrogen-bond acceptors (Lipinski definition) is 4. The highest BCUT2D eigenvalue weighted by molar-refractivity contribution is 7.13. The largest absolute Gasteiger partial charge is 0.357 e. The number of aryl methyl sites for hydroxylation is 1. The zero-order valence-corrected chi connectivity index (χ0v) is 11.3. The highest BCUT2D eigenvalue weighted by Gasteiger charge is 2.35. The molecule has 2 atom stereocenters. The fraction of sp³-hybridized carbons (Fsp3) is 0.769. The van der Waals surface area contributed by atoms with Crippen molar-refractivity contribution in [2.24, 2.45) is 0 Å². The van der Waals surface area contributed by atoms with Crippen LogP contribution in [0.1, 0.15) is 38.3 Å². The standard InChI is InChI=1S/C13H21N3S/c1-2-10-9-17-13(14-10)15-11-6-8-16-7-4-3-5-12(11)16/h9,11-12H,2-8H2,1H3,(H,14,15). The highest BCUT2D eigenvalue weighted by Crippen LogP contribution is 2.30. The summed E-state index contributed by atoms with van der Waals surface area (Å²) in [5, 5.41) is 6.96. The molecule has 1 N–H and O–H groups in total.